The van der Waals surface area contributed by atoms with Gasteiger partial charge in [0.05, 0.1) is 0 Å². The van der Waals surface area contributed by atoms with E-state index >= 15 is 0 Å². The number of ether oxygens (including phenoxy) is 1. The van der Waals surface area contributed by atoms with Crippen LogP contribution < -0.4 is 4.74 Å². The molecule has 0 saturated heterocycles. The SMILES string of the molecule is CCCc1oc(C(CC)Oc2ccc(F)c(C)c2F)nc1-c1ccc(Cl)cc1. The molecule has 0 saturated carbocycles. The predicted octanol–water partition coefficient (Wildman–Crippen LogP) is 7.06. The molecule has 28 heavy (non-hydrogen) atoms. The van der Waals surface area contributed by atoms with Gasteiger partial charge in [0.25, 0.3) is 0 Å². The lowest BCUT2D eigenvalue weighted by Crippen LogP contribution is -2.09. The zero-order valence-corrected chi connectivity index (χ0v) is 16.8. The van der Waals surface area contributed by atoms with Crippen molar-refractivity contribution in [3.05, 3.63) is 70.3 Å². The van der Waals surface area contributed by atoms with Crippen molar-refractivity contribution in [1.82, 2.24) is 4.98 Å². The van der Waals surface area contributed by atoms with Gasteiger partial charge in [-0.3, -0.25) is 0 Å². The quantitative estimate of drug-likeness (QED) is 0.422. The van der Waals surface area contributed by atoms with Crippen LogP contribution in [0.15, 0.2) is 40.8 Å². The summed E-state index contributed by atoms with van der Waals surface area (Å²) >= 11 is 5.98. The summed E-state index contributed by atoms with van der Waals surface area (Å²) in [5, 5.41) is 0.640. The van der Waals surface area contributed by atoms with E-state index in [0.717, 1.165) is 23.4 Å². The molecule has 0 bridgehead atoms. The van der Waals surface area contributed by atoms with E-state index in [1.807, 2.05) is 19.1 Å². The Morgan fingerprint density at radius 1 is 1.11 bits per heavy atom. The molecule has 0 aliphatic carbocycles. The molecule has 1 unspecified atom stereocenters. The van der Waals surface area contributed by atoms with Gasteiger partial charge >= 0.3 is 0 Å². The summed E-state index contributed by atoms with van der Waals surface area (Å²) in [4.78, 5) is 4.63. The molecule has 0 radical (unpaired) electrons. The zero-order valence-electron chi connectivity index (χ0n) is 16.1. The van der Waals surface area contributed by atoms with Crippen LogP contribution in [0.25, 0.3) is 11.3 Å². The molecule has 148 valence electrons. The van der Waals surface area contributed by atoms with Crippen LogP contribution >= 0.6 is 11.6 Å². The second kappa shape index (κ2) is 8.74. The smallest absolute Gasteiger partial charge is 0.236 e. The fourth-order valence-corrected chi connectivity index (χ4v) is 3.05. The van der Waals surface area contributed by atoms with Gasteiger partial charge in [-0.25, -0.2) is 13.8 Å². The minimum absolute atomic E-state index is 0.0194. The van der Waals surface area contributed by atoms with Crippen LogP contribution in [-0.4, -0.2) is 4.98 Å². The van der Waals surface area contributed by atoms with E-state index < -0.39 is 17.7 Å². The first kappa shape index (κ1) is 20.3. The van der Waals surface area contributed by atoms with E-state index in [-0.39, 0.29) is 11.3 Å². The Kier molecular flexibility index (Phi) is 6.35. The molecule has 1 atom stereocenters. The highest BCUT2D eigenvalue weighted by Crippen LogP contribution is 2.33. The van der Waals surface area contributed by atoms with Gasteiger partial charge in [0.1, 0.15) is 17.3 Å². The lowest BCUT2D eigenvalue weighted by Gasteiger charge is -2.15. The molecule has 2 aromatic carbocycles. The van der Waals surface area contributed by atoms with Crippen LogP contribution in [0.1, 0.15) is 50.0 Å². The van der Waals surface area contributed by atoms with Gasteiger partial charge in [-0.05, 0) is 44.0 Å². The maximum Gasteiger partial charge on any atom is 0.236 e. The molecule has 0 N–H and O–H groups in total. The second-order valence-corrected chi connectivity index (χ2v) is 7.02. The van der Waals surface area contributed by atoms with Gasteiger partial charge < -0.3 is 9.15 Å². The number of halogens is 3. The van der Waals surface area contributed by atoms with Crippen molar-refractivity contribution in [2.24, 2.45) is 0 Å². The molecule has 3 nitrogen and oxygen atoms in total. The van der Waals surface area contributed by atoms with Crippen LogP contribution in [0.5, 0.6) is 5.75 Å². The summed E-state index contributed by atoms with van der Waals surface area (Å²) in [5.74, 6) is -0.218. The number of hydrogen-bond acceptors (Lipinski definition) is 3. The number of oxazole rings is 1. The second-order valence-electron chi connectivity index (χ2n) is 6.58. The van der Waals surface area contributed by atoms with Crippen molar-refractivity contribution < 1.29 is 17.9 Å². The Labute approximate surface area is 168 Å². The number of rotatable bonds is 7. The van der Waals surface area contributed by atoms with Gasteiger partial charge in [-0.1, -0.05) is 37.6 Å². The first-order valence-electron chi connectivity index (χ1n) is 9.31. The largest absolute Gasteiger partial charge is 0.478 e. The molecule has 0 aliphatic heterocycles. The summed E-state index contributed by atoms with van der Waals surface area (Å²) < 4.78 is 39.7. The Bertz CT molecular complexity index is 954. The summed E-state index contributed by atoms with van der Waals surface area (Å²) in [7, 11) is 0. The molecule has 0 spiro atoms. The van der Waals surface area contributed by atoms with Crippen molar-refractivity contribution in [3.8, 4) is 17.0 Å². The number of aryl methyl sites for hydroxylation is 1. The average molecular weight is 406 g/mol. The molecule has 0 amide bonds. The number of nitrogens with zero attached hydrogens (tertiary/aromatic N) is 1. The Morgan fingerprint density at radius 3 is 2.46 bits per heavy atom. The normalized spacial score (nSPS) is 12.2. The topological polar surface area (TPSA) is 35.3 Å². The van der Waals surface area contributed by atoms with E-state index in [1.165, 1.54) is 19.1 Å². The highest BCUT2D eigenvalue weighted by molar-refractivity contribution is 6.30. The Morgan fingerprint density at radius 2 is 1.82 bits per heavy atom. The van der Waals surface area contributed by atoms with Gasteiger partial charge in [0, 0.05) is 22.6 Å². The van der Waals surface area contributed by atoms with E-state index in [2.05, 4.69) is 11.9 Å². The Hall–Kier alpha value is -2.40. The van der Waals surface area contributed by atoms with Crippen LogP contribution in [-0.2, 0) is 6.42 Å². The van der Waals surface area contributed by atoms with Gasteiger partial charge in [0.2, 0.25) is 5.89 Å². The third-order valence-electron chi connectivity index (χ3n) is 4.51. The van der Waals surface area contributed by atoms with Crippen molar-refractivity contribution >= 4 is 11.6 Å². The minimum Gasteiger partial charge on any atom is -0.478 e. The summed E-state index contributed by atoms with van der Waals surface area (Å²) in [6.07, 6.45) is 1.53. The van der Waals surface area contributed by atoms with Crippen molar-refractivity contribution in [3.63, 3.8) is 0 Å². The Balaban J connectivity index is 1.95. The maximum absolute atomic E-state index is 14.4. The average Bonchev–Trinajstić information content (AvgIpc) is 3.10. The van der Waals surface area contributed by atoms with Gasteiger partial charge in [0.15, 0.2) is 17.7 Å². The van der Waals surface area contributed by atoms with Crippen molar-refractivity contribution in [1.29, 1.82) is 0 Å². The summed E-state index contributed by atoms with van der Waals surface area (Å²) in [6, 6.07) is 9.84. The van der Waals surface area contributed by atoms with Gasteiger partial charge in [-0.2, -0.15) is 0 Å². The minimum atomic E-state index is -0.711. The summed E-state index contributed by atoms with van der Waals surface area (Å²) in [5.41, 5.74) is 1.54. The first-order chi connectivity index (χ1) is 13.4. The maximum atomic E-state index is 14.4. The van der Waals surface area contributed by atoms with E-state index in [9.17, 15) is 8.78 Å². The third kappa shape index (κ3) is 4.20. The fourth-order valence-electron chi connectivity index (χ4n) is 2.93. The predicted molar refractivity (Wildman–Crippen MR) is 106 cm³/mol. The monoisotopic (exact) mass is 405 g/mol. The molecule has 0 aliphatic rings. The molecule has 3 rings (SSSR count). The molecule has 1 aromatic heterocycles. The van der Waals surface area contributed by atoms with Crippen molar-refractivity contribution in [2.75, 3.05) is 0 Å². The van der Waals surface area contributed by atoms with Crippen molar-refractivity contribution in [2.45, 2.75) is 46.1 Å². The van der Waals surface area contributed by atoms with Crippen LogP contribution in [0.3, 0.4) is 0 Å². The number of benzene rings is 2. The standard InChI is InChI=1S/C22H22ClF2NO2/c1-4-6-19-21(14-7-9-15(23)10-8-14)26-22(28-19)17(5-2)27-18-12-11-16(24)13(3)20(18)25/h7-12,17H,4-6H2,1-3H3. The number of hydrogen-bond donors (Lipinski definition) is 0. The molecule has 0 fully saturated rings. The fraction of sp³-hybridized carbons (Fsp3) is 0.318. The zero-order chi connectivity index (χ0) is 20.3. The molecular formula is C22H22ClF2NO2. The highest BCUT2D eigenvalue weighted by Gasteiger charge is 2.24. The molecular weight excluding hydrogens is 384 g/mol. The lowest BCUT2D eigenvalue weighted by molar-refractivity contribution is 0.156. The number of aromatic nitrogens is 1. The van der Waals surface area contributed by atoms with E-state index in [1.54, 1.807) is 12.1 Å². The highest BCUT2D eigenvalue weighted by atomic mass is 35.5. The van der Waals surface area contributed by atoms with Crippen LogP contribution in [0.2, 0.25) is 5.02 Å². The van der Waals surface area contributed by atoms with Crippen LogP contribution in [0.4, 0.5) is 8.78 Å². The van der Waals surface area contributed by atoms with E-state index in [4.69, 9.17) is 20.8 Å². The summed E-state index contributed by atoms with van der Waals surface area (Å²) in [6.45, 7) is 5.32. The molecule has 1 heterocycles. The van der Waals surface area contributed by atoms with Gasteiger partial charge in [-0.15, -0.1) is 0 Å². The first-order valence-corrected chi connectivity index (χ1v) is 9.69. The lowest BCUT2D eigenvalue weighted by atomic mass is 10.1. The van der Waals surface area contributed by atoms with Crippen LogP contribution in [0, 0.1) is 18.6 Å². The molecule has 3 aromatic rings. The third-order valence-corrected chi connectivity index (χ3v) is 4.76. The van der Waals surface area contributed by atoms with E-state index in [0.29, 0.717) is 23.8 Å². The molecule has 6 heteroatoms.